The Morgan fingerprint density at radius 3 is 2.43 bits per heavy atom. The second kappa shape index (κ2) is 6.01. The van der Waals surface area contributed by atoms with E-state index in [4.69, 9.17) is 0 Å². The van der Waals surface area contributed by atoms with Crippen LogP contribution in [0.3, 0.4) is 0 Å². The molecule has 1 aromatic rings. The van der Waals surface area contributed by atoms with E-state index >= 15 is 0 Å². The monoisotopic (exact) mass is 317 g/mol. The molecular weight excluding hydrogens is 296 g/mol. The van der Waals surface area contributed by atoms with Crippen LogP contribution in [0.25, 0.3) is 0 Å². The van der Waals surface area contributed by atoms with Crippen molar-refractivity contribution in [1.29, 1.82) is 0 Å². The van der Waals surface area contributed by atoms with Gasteiger partial charge in [-0.2, -0.15) is 0 Å². The molecule has 0 amide bonds. The maximum absolute atomic E-state index is 13.5. The van der Waals surface area contributed by atoms with Crippen LogP contribution in [0.1, 0.15) is 32.3 Å². The van der Waals surface area contributed by atoms with Crippen LogP contribution in [-0.2, 0) is 16.5 Å². The van der Waals surface area contributed by atoms with E-state index < -0.39 is 27.1 Å². The molecule has 1 fully saturated rings. The molecule has 0 aliphatic carbocycles. The van der Waals surface area contributed by atoms with Gasteiger partial charge in [0.05, 0.1) is 9.64 Å². The highest BCUT2D eigenvalue weighted by Crippen LogP contribution is 2.37. The highest BCUT2D eigenvalue weighted by Gasteiger charge is 2.43. The Labute approximate surface area is 124 Å². The number of benzene rings is 1. The van der Waals surface area contributed by atoms with Crippen molar-refractivity contribution in [3.63, 3.8) is 0 Å². The number of hydrogen-bond donors (Lipinski definition) is 1. The smallest absolute Gasteiger partial charge is 0.183 e. The molecule has 1 heterocycles. The summed E-state index contributed by atoms with van der Waals surface area (Å²) in [6.45, 7) is 4.04. The summed E-state index contributed by atoms with van der Waals surface area (Å²) in [5.41, 5.74) is 0.0506. The van der Waals surface area contributed by atoms with E-state index in [1.807, 2.05) is 0 Å². The van der Waals surface area contributed by atoms with Crippen LogP contribution in [0.5, 0.6) is 0 Å². The van der Waals surface area contributed by atoms with Crippen molar-refractivity contribution in [2.75, 3.05) is 13.1 Å². The van der Waals surface area contributed by atoms with Gasteiger partial charge in [0.25, 0.3) is 0 Å². The second-order valence-electron chi connectivity index (χ2n) is 6.06. The minimum absolute atomic E-state index is 0.000781. The fourth-order valence-electron chi connectivity index (χ4n) is 2.89. The van der Waals surface area contributed by atoms with Gasteiger partial charge in [0.15, 0.2) is 9.84 Å². The molecule has 3 nitrogen and oxygen atoms in total. The van der Waals surface area contributed by atoms with E-state index in [2.05, 4.69) is 5.32 Å². The van der Waals surface area contributed by atoms with Crippen LogP contribution in [0.4, 0.5) is 8.78 Å². The molecule has 0 unspecified atom stereocenters. The minimum atomic E-state index is -3.73. The van der Waals surface area contributed by atoms with E-state index in [9.17, 15) is 17.2 Å². The van der Waals surface area contributed by atoms with E-state index in [1.165, 1.54) is 6.07 Å². The van der Waals surface area contributed by atoms with Crippen LogP contribution in [0.15, 0.2) is 23.1 Å². The van der Waals surface area contributed by atoms with E-state index in [0.717, 1.165) is 38.1 Å². The Morgan fingerprint density at radius 2 is 1.86 bits per heavy atom. The van der Waals surface area contributed by atoms with Gasteiger partial charge in [-0.15, -0.1) is 0 Å². The molecule has 2 rings (SSSR count). The van der Waals surface area contributed by atoms with Gasteiger partial charge in [0, 0.05) is 0 Å². The number of hydrogen-bond acceptors (Lipinski definition) is 3. The first-order valence-corrected chi connectivity index (χ1v) is 8.58. The van der Waals surface area contributed by atoms with Crippen LogP contribution in [0, 0.1) is 11.7 Å². The first kappa shape index (κ1) is 16.4. The first-order valence-electron chi connectivity index (χ1n) is 7.10. The lowest BCUT2D eigenvalue weighted by atomic mass is 9.86. The molecule has 1 aromatic carbocycles. The lowest BCUT2D eigenvalue weighted by molar-refractivity contribution is 0.304. The van der Waals surface area contributed by atoms with Gasteiger partial charge in [0.1, 0.15) is 12.5 Å². The normalized spacial score (nSPS) is 17.9. The lowest BCUT2D eigenvalue weighted by Gasteiger charge is -2.36. The number of sulfone groups is 1. The zero-order valence-electron chi connectivity index (χ0n) is 12.3. The number of piperidine rings is 1. The van der Waals surface area contributed by atoms with Crippen molar-refractivity contribution < 1.29 is 17.2 Å². The largest absolute Gasteiger partial charge is 0.317 e. The summed E-state index contributed by atoms with van der Waals surface area (Å²) in [6, 6.07) is 3.25. The highest BCUT2D eigenvalue weighted by atomic mass is 32.2. The molecule has 1 N–H and O–H groups in total. The molecule has 0 spiro atoms. The van der Waals surface area contributed by atoms with Crippen molar-refractivity contribution in [2.24, 2.45) is 5.92 Å². The van der Waals surface area contributed by atoms with Gasteiger partial charge in [-0.1, -0.05) is 0 Å². The fraction of sp³-hybridized carbons (Fsp3) is 0.600. The van der Waals surface area contributed by atoms with Gasteiger partial charge >= 0.3 is 0 Å². The van der Waals surface area contributed by atoms with Crippen molar-refractivity contribution >= 4 is 9.84 Å². The predicted octanol–water partition coefficient (Wildman–Crippen LogP) is 2.85. The molecule has 1 saturated heterocycles. The molecule has 0 atom stereocenters. The quantitative estimate of drug-likeness (QED) is 0.929. The van der Waals surface area contributed by atoms with Gasteiger partial charge in [-0.05, 0) is 69.5 Å². The molecule has 0 aromatic heterocycles. The number of rotatable bonds is 4. The average molecular weight is 317 g/mol. The third-order valence-electron chi connectivity index (χ3n) is 4.41. The van der Waals surface area contributed by atoms with Crippen LogP contribution >= 0.6 is 0 Å². The van der Waals surface area contributed by atoms with Crippen LogP contribution in [-0.4, -0.2) is 26.3 Å². The third-order valence-corrected chi connectivity index (χ3v) is 6.99. The van der Waals surface area contributed by atoms with Gasteiger partial charge in [0.2, 0.25) is 0 Å². The predicted molar refractivity (Wildman–Crippen MR) is 78.1 cm³/mol. The maximum Gasteiger partial charge on any atom is 0.183 e. The van der Waals surface area contributed by atoms with Crippen LogP contribution < -0.4 is 5.32 Å². The van der Waals surface area contributed by atoms with Crippen molar-refractivity contribution in [2.45, 2.75) is 43.0 Å². The summed E-state index contributed by atoms with van der Waals surface area (Å²) in [6.07, 6.45) is 1.52. The second-order valence-corrected chi connectivity index (χ2v) is 8.59. The number of alkyl halides is 1. The standard InChI is InChI=1S/C15H21F2NO2S/c1-15(2,12-3-5-18-6-4-12)21(19,20)14-8-11(10-16)7-13(17)9-14/h7-9,12,18H,3-6,10H2,1-2H3. The summed E-state index contributed by atoms with van der Waals surface area (Å²) in [5, 5.41) is 3.20. The Balaban J connectivity index is 2.42. The average Bonchev–Trinajstić information content (AvgIpc) is 2.47. The molecule has 6 heteroatoms. The van der Waals surface area contributed by atoms with Crippen LogP contribution in [0.2, 0.25) is 0 Å². The molecule has 0 saturated carbocycles. The molecule has 0 bridgehead atoms. The summed E-state index contributed by atoms with van der Waals surface area (Å²) < 4.78 is 51.0. The van der Waals surface area contributed by atoms with Gasteiger partial charge < -0.3 is 5.32 Å². The Hall–Kier alpha value is -1.01. The minimum Gasteiger partial charge on any atom is -0.317 e. The topological polar surface area (TPSA) is 46.2 Å². The Bertz CT molecular complexity index is 608. The molecule has 21 heavy (non-hydrogen) atoms. The first-order chi connectivity index (χ1) is 9.79. The molecular formula is C15H21F2NO2S. The van der Waals surface area contributed by atoms with Gasteiger partial charge in [-0.3, -0.25) is 0 Å². The molecule has 1 aliphatic heterocycles. The summed E-state index contributed by atoms with van der Waals surface area (Å²) in [5.74, 6) is -0.717. The zero-order valence-corrected chi connectivity index (χ0v) is 13.1. The van der Waals surface area contributed by atoms with E-state index in [0.29, 0.717) is 0 Å². The lowest BCUT2D eigenvalue weighted by Crippen LogP contribution is -2.45. The van der Waals surface area contributed by atoms with Crippen molar-refractivity contribution in [3.05, 3.63) is 29.6 Å². The molecule has 118 valence electrons. The fourth-order valence-corrected chi connectivity index (χ4v) is 4.75. The Morgan fingerprint density at radius 1 is 1.24 bits per heavy atom. The number of halogens is 2. The Kier molecular flexibility index (Phi) is 4.68. The maximum atomic E-state index is 13.5. The summed E-state index contributed by atoms with van der Waals surface area (Å²) in [4.78, 5) is -0.126. The third kappa shape index (κ3) is 3.11. The van der Waals surface area contributed by atoms with E-state index in [-0.39, 0.29) is 16.4 Å². The number of nitrogens with one attached hydrogen (secondary N) is 1. The molecule has 1 aliphatic rings. The van der Waals surface area contributed by atoms with Gasteiger partial charge in [-0.25, -0.2) is 17.2 Å². The summed E-state index contributed by atoms with van der Waals surface area (Å²) in [7, 11) is -3.73. The highest BCUT2D eigenvalue weighted by molar-refractivity contribution is 7.92. The SMILES string of the molecule is CC(C)(C1CCNCC1)S(=O)(=O)c1cc(F)cc(CF)c1. The van der Waals surface area contributed by atoms with E-state index in [1.54, 1.807) is 13.8 Å². The van der Waals surface area contributed by atoms with Crippen molar-refractivity contribution in [3.8, 4) is 0 Å². The molecule has 0 radical (unpaired) electrons. The zero-order chi connectivity index (χ0) is 15.7. The van der Waals surface area contributed by atoms with Crippen molar-refractivity contribution in [1.82, 2.24) is 5.32 Å². The summed E-state index contributed by atoms with van der Waals surface area (Å²) >= 11 is 0.